The van der Waals surface area contributed by atoms with Crippen molar-refractivity contribution in [3.05, 3.63) is 0 Å². The minimum absolute atomic E-state index is 0.254. The van der Waals surface area contributed by atoms with E-state index in [1.54, 1.807) is 0 Å². The lowest BCUT2D eigenvalue weighted by molar-refractivity contribution is -0.115. The summed E-state index contributed by atoms with van der Waals surface area (Å²) in [6.45, 7) is 5.77. The first-order valence-corrected chi connectivity index (χ1v) is 21.9. The van der Waals surface area contributed by atoms with E-state index in [2.05, 4.69) is 20.8 Å². The Labute approximate surface area is 298 Å². The maximum absolute atomic E-state index is 14.2. The average molecular weight is 737 g/mol. The van der Waals surface area contributed by atoms with E-state index in [0.29, 0.717) is 38.5 Å². The lowest BCUT2D eigenvalue weighted by atomic mass is 10.1. The van der Waals surface area contributed by atoms with Gasteiger partial charge in [-0.25, -0.2) is 0 Å². The average Bonchev–Trinajstić information content (AvgIpc) is 3.03. The zero-order valence-electron chi connectivity index (χ0n) is 31.8. The van der Waals surface area contributed by atoms with Crippen LogP contribution in [0.25, 0.3) is 0 Å². The first-order valence-electron chi connectivity index (χ1n) is 20.4. The van der Waals surface area contributed by atoms with E-state index in [9.17, 15) is 26.3 Å². The van der Waals surface area contributed by atoms with Gasteiger partial charge in [0.25, 0.3) is 7.57 Å². The highest BCUT2D eigenvalue weighted by molar-refractivity contribution is 7.63. The molecule has 0 atom stereocenters. The Bertz CT molecular complexity index is 686. The first kappa shape index (κ1) is 48.8. The van der Waals surface area contributed by atoms with Crippen LogP contribution in [-0.4, -0.2) is 37.5 Å². The van der Waals surface area contributed by atoms with E-state index in [-0.39, 0.29) is 19.8 Å². The Kier molecular flexibility index (Phi) is 32.3. The Morgan fingerprint density at radius 1 is 0.327 bits per heavy atom. The van der Waals surface area contributed by atoms with Gasteiger partial charge in [0.05, 0.1) is 19.8 Å². The monoisotopic (exact) mass is 737 g/mol. The first-order chi connectivity index (χ1) is 23.5. The second-order valence-electron chi connectivity index (χ2n) is 13.9. The zero-order valence-corrected chi connectivity index (χ0v) is 32.7. The standard InChI is InChI=1S/C39H75F6O3P/c1-4-7-10-13-16-19-22-25-28-31-34-46-49(37(38(40,41)42)39(43,44)45,47-35-32-29-26-23-20-17-14-11-8-5-2)48-36-33-30-27-24-21-18-15-12-9-6-3/h4-36H2,1-3H3. The summed E-state index contributed by atoms with van der Waals surface area (Å²) in [5, 5.41) is -2.64. The van der Waals surface area contributed by atoms with Crippen LogP contribution in [0.5, 0.6) is 0 Å². The highest BCUT2D eigenvalue weighted by Crippen LogP contribution is 2.59. The normalized spacial score (nSPS) is 12.7. The van der Waals surface area contributed by atoms with Gasteiger partial charge in [-0.05, 0) is 19.3 Å². The summed E-state index contributed by atoms with van der Waals surface area (Å²) in [5.41, 5.74) is 0. The summed E-state index contributed by atoms with van der Waals surface area (Å²) in [4.78, 5) is 0. The van der Waals surface area contributed by atoms with E-state index in [4.69, 9.17) is 13.6 Å². The molecule has 0 heterocycles. The molecule has 0 saturated heterocycles. The highest BCUT2D eigenvalue weighted by Gasteiger charge is 2.59. The molecule has 10 heteroatoms. The maximum Gasteiger partial charge on any atom is 0.428 e. The van der Waals surface area contributed by atoms with Gasteiger partial charge in [0, 0.05) is 0 Å². The molecule has 0 N–H and O–H groups in total. The van der Waals surface area contributed by atoms with Crippen molar-refractivity contribution in [2.75, 3.05) is 19.8 Å². The summed E-state index contributed by atoms with van der Waals surface area (Å²) < 4.78 is 102. The fourth-order valence-corrected chi connectivity index (χ4v) is 8.44. The molecule has 296 valence electrons. The Hall–Kier alpha value is -0.240. The van der Waals surface area contributed by atoms with Crippen molar-refractivity contribution in [1.82, 2.24) is 0 Å². The van der Waals surface area contributed by atoms with Gasteiger partial charge in [-0.3, -0.25) is 0 Å². The van der Waals surface area contributed by atoms with Gasteiger partial charge < -0.3 is 13.6 Å². The third kappa shape index (κ3) is 28.0. The van der Waals surface area contributed by atoms with Gasteiger partial charge in [-0.2, -0.15) is 26.3 Å². The molecule has 0 aliphatic heterocycles. The van der Waals surface area contributed by atoms with Crippen LogP contribution in [0.4, 0.5) is 26.3 Å². The van der Waals surface area contributed by atoms with Gasteiger partial charge >= 0.3 is 12.4 Å². The molecule has 0 rings (SSSR count). The zero-order chi connectivity index (χ0) is 36.5. The van der Waals surface area contributed by atoms with Gasteiger partial charge in [-0.15, -0.1) is 0 Å². The molecular formula is C39H75F6O3P. The Morgan fingerprint density at radius 3 is 0.694 bits per heavy atom. The molecule has 0 bridgehead atoms. The van der Waals surface area contributed by atoms with Crippen molar-refractivity contribution in [3.63, 3.8) is 0 Å². The molecule has 3 nitrogen and oxygen atoms in total. The van der Waals surface area contributed by atoms with Gasteiger partial charge in [0.1, 0.15) is 0 Å². The van der Waals surface area contributed by atoms with E-state index in [1.165, 1.54) is 77.0 Å². The van der Waals surface area contributed by atoms with Crippen LogP contribution in [0.3, 0.4) is 0 Å². The highest BCUT2D eigenvalue weighted by atomic mass is 31.2. The molecule has 0 aliphatic rings. The van der Waals surface area contributed by atoms with Crippen LogP contribution in [0, 0.1) is 0 Å². The molecule has 0 aromatic rings. The fourth-order valence-electron chi connectivity index (χ4n) is 6.10. The van der Waals surface area contributed by atoms with Gasteiger partial charge in [0.2, 0.25) is 5.29 Å². The number of hydrogen-bond acceptors (Lipinski definition) is 3. The minimum atomic E-state index is -5.68. The number of hydrogen-bond donors (Lipinski definition) is 0. The number of alkyl halides is 6. The molecule has 0 radical (unpaired) electrons. The summed E-state index contributed by atoms with van der Waals surface area (Å²) in [6.07, 6.45) is 18.7. The van der Waals surface area contributed by atoms with Crippen LogP contribution < -0.4 is 0 Å². The fraction of sp³-hybridized carbons (Fsp3) is 0.974. The van der Waals surface area contributed by atoms with Crippen LogP contribution in [0.2, 0.25) is 0 Å². The van der Waals surface area contributed by atoms with Crippen molar-refractivity contribution in [2.24, 2.45) is 0 Å². The maximum atomic E-state index is 14.2. The number of halogens is 6. The van der Waals surface area contributed by atoms with Crippen molar-refractivity contribution in [3.8, 4) is 0 Å². The Morgan fingerprint density at radius 2 is 0.510 bits per heavy atom. The lowest BCUT2D eigenvalue weighted by Gasteiger charge is -2.31. The molecule has 0 spiro atoms. The van der Waals surface area contributed by atoms with Crippen LogP contribution in [-0.2, 0) is 13.6 Å². The van der Waals surface area contributed by atoms with Crippen molar-refractivity contribution in [1.29, 1.82) is 0 Å². The van der Waals surface area contributed by atoms with Crippen molar-refractivity contribution >= 4 is 12.9 Å². The van der Waals surface area contributed by atoms with E-state index in [1.807, 2.05) is 0 Å². The largest absolute Gasteiger partial charge is 0.428 e. The van der Waals surface area contributed by atoms with Crippen LogP contribution in [0.15, 0.2) is 0 Å². The molecule has 0 unspecified atom stereocenters. The van der Waals surface area contributed by atoms with Gasteiger partial charge in [-0.1, -0.05) is 194 Å². The summed E-state index contributed by atoms with van der Waals surface area (Å²) in [5.74, 6) is 0. The quantitative estimate of drug-likeness (QED) is 0.0364. The molecule has 0 fully saturated rings. The predicted octanol–water partition coefficient (Wildman–Crippen LogP) is 15.9. The lowest BCUT2D eigenvalue weighted by Crippen LogP contribution is -2.39. The molecular weight excluding hydrogens is 661 g/mol. The third-order valence-corrected chi connectivity index (χ3v) is 11.7. The minimum Gasteiger partial charge on any atom is -0.317 e. The molecule has 0 aliphatic carbocycles. The van der Waals surface area contributed by atoms with Crippen molar-refractivity contribution in [2.45, 2.75) is 226 Å². The summed E-state index contributed by atoms with van der Waals surface area (Å²) >= 11 is 0. The van der Waals surface area contributed by atoms with Crippen molar-refractivity contribution < 1.29 is 39.9 Å². The SMILES string of the molecule is CCCCCCCCCCCCOP(OCCCCCCCCCCCC)(OCCCCCCCCCCCC)=C(C(F)(F)F)C(F)(F)F. The molecule has 0 aromatic heterocycles. The van der Waals surface area contributed by atoms with E-state index < -0.39 is 25.2 Å². The van der Waals surface area contributed by atoms with E-state index in [0.717, 1.165) is 77.0 Å². The number of unbranched alkanes of at least 4 members (excludes halogenated alkanes) is 27. The topological polar surface area (TPSA) is 27.7 Å². The van der Waals surface area contributed by atoms with E-state index >= 15 is 0 Å². The Balaban J connectivity index is 5.34. The number of rotatable bonds is 36. The third-order valence-electron chi connectivity index (χ3n) is 9.09. The van der Waals surface area contributed by atoms with Crippen LogP contribution >= 0.6 is 7.57 Å². The molecule has 0 saturated carbocycles. The smallest absolute Gasteiger partial charge is 0.317 e. The summed E-state index contributed by atoms with van der Waals surface area (Å²) in [7, 11) is -4.91. The second-order valence-corrected chi connectivity index (χ2v) is 16.1. The molecule has 0 aromatic carbocycles. The van der Waals surface area contributed by atoms with Crippen LogP contribution in [0.1, 0.15) is 213 Å². The second kappa shape index (κ2) is 32.4. The van der Waals surface area contributed by atoms with Gasteiger partial charge in [0.15, 0.2) is 0 Å². The predicted molar refractivity (Wildman–Crippen MR) is 197 cm³/mol. The molecule has 0 amide bonds. The molecule has 49 heavy (non-hydrogen) atoms. The summed E-state index contributed by atoms with van der Waals surface area (Å²) in [6, 6.07) is 0.